The molecule has 0 fully saturated rings. The molecule has 0 bridgehead atoms. The van der Waals surface area contributed by atoms with Crippen LogP contribution in [0.15, 0.2) is 41.3 Å². The summed E-state index contributed by atoms with van der Waals surface area (Å²) in [5.41, 5.74) is 1.61. The van der Waals surface area contributed by atoms with E-state index in [1.165, 1.54) is 18.2 Å². The highest BCUT2D eigenvalue weighted by molar-refractivity contribution is 8.13. The molecule has 0 saturated heterocycles. The summed E-state index contributed by atoms with van der Waals surface area (Å²) in [5, 5.41) is 0. The van der Waals surface area contributed by atoms with Crippen LogP contribution in [0.3, 0.4) is 0 Å². The average molecular weight is 303 g/mol. The quantitative estimate of drug-likeness (QED) is 0.789. The summed E-state index contributed by atoms with van der Waals surface area (Å²) in [6.45, 7) is 1.74. The van der Waals surface area contributed by atoms with Crippen molar-refractivity contribution in [1.82, 2.24) is 0 Å². The van der Waals surface area contributed by atoms with Crippen LogP contribution in [-0.4, -0.2) is 8.42 Å². The molecule has 0 aromatic heterocycles. The van der Waals surface area contributed by atoms with Gasteiger partial charge in [-0.2, -0.15) is 0 Å². The van der Waals surface area contributed by atoms with E-state index < -0.39 is 20.7 Å². The summed E-state index contributed by atoms with van der Waals surface area (Å²) < 4.78 is 48.7. The minimum absolute atomic E-state index is 0.0838. The van der Waals surface area contributed by atoms with Crippen molar-refractivity contribution >= 4 is 19.7 Å². The highest BCUT2D eigenvalue weighted by Crippen LogP contribution is 2.28. The topological polar surface area (TPSA) is 34.1 Å². The van der Waals surface area contributed by atoms with Crippen molar-refractivity contribution in [3.63, 3.8) is 0 Å². The van der Waals surface area contributed by atoms with Gasteiger partial charge in [-0.3, -0.25) is 0 Å². The van der Waals surface area contributed by atoms with E-state index in [1.54, 1.807) is 13.0 Å². The Morgan fingerprint density at radius 1 is 1.00 bits per heavy atom. The summed E-state index contributed by atoms with van der Waals surface area (Å²) in [6, 6.07) is 7.65. The van der Waals surface area contributed by atoms with Crippen LogP contribution in [-0.2, 0) is 9.05 Å². The maximum Gasteiger partial charge on any atom is 0.261 e. The van der Waals surface area contributed by atoms with Crippen LogP contribution in [0.4, 0.5) is 8.78 Å². The monoisotopic (exact) mass is 302 g/mol. The Balaban J connectivity index is 2.64. The van der Waals surface area contributed by atoms with Gasteiger partial charge >= 0.3 is 0 Å². The van der Waals surface area contributed by atoms with Gasteiger partial charge in [-0.25, -0.2) is 17.2 Å². The summed E-state index contributed by atoms with van der Waals surface area (Å²) in [5.74, 6) is -1.95. The molecule has 0 amide bonds. The molecule has 0 aliphatic carbocycles. The Bertz CT molecular complexity index is 742. The molecule has 100 valence electrons. The van der Waals surface area contributed by atoms with Crippen LogP contribution in [0, 0.1) is 18.6 Å². The number of hydrogen-bond acceptors (Lipinski definition) is 2. The van der Waals surface area contributed by atoms with Crippen LogP contribution in [0.5, 0.6) is 0 Å². The Hall–Kier alpha value is -1.46. The molecule has 0 N–H and O–H groups in total. The zero-order valence-electron chi connectivity index (χ0n) is 9.82. The fourth-order valence-corrected chi connectivity index (χ4v) is 2.50. The van der Waals surface area contributed by atoms with E-state index in [-0.39, 0.29) is 4.90 Å². The molecule has 0 saturated carbocycles. The highest BCUT2D eigenvalue weighted by atomic mass is 35.7. The van der Waals surface area contributed by atoms with E-state index in [0.717, 1.165) is 17.7 Å². The molecule has 0 heterocycles. The first-order valence-electron chi connectivity index (χ1n) is 5.30. The van der Waals surface area contributed by atoms with Crippen LogP contribution >= 0.6 is 10.7 Å². The lowest BCUT2D eigenvalue weighted by Crippen LogP contribution is -1.94. The second kappa shape index (κ2) is 4.90. The Labute approximate surface area is 114 Å². The maximum atomic E-state index is 13.2. The van der Waals surface area contributed by atoms with Gasteiger partial charge < -0.3 is 0 Å². The van der Waals surface area contributed by atoms with Gasteiger partial charge in [0.1, 0.15) is 0 Å². The van der Waals surface area contributed by atoms with Crippen LogP contribution < -0.4 is 0 Å². The molecule has 2 nitrogen and oxygen atoms in total. The van der Waals surface area contributed by atoms with Gasteiger partial charge in [-0.15, -0.1) is 0 Å². The average Bonchev–Trinajstić information content (AvgIpc) is 2.32. The molecule has 0 unspecified atom stereocenters. The minimum atomic E-state index is -3.86. The van der Waals surface area contributed by atoms with E-state index in [0.29, 0.717) is 11.1 Å². The summed E-state index contributed by atoms with van der Waals surface area (Å²) in [4.78, 5) is -0.0838. The summed E-state index contributed by atoms with van der Waals surface area (Å²) >= 11 is 0. The minimum Gasteiger partial charge on any atom is -0.207 e. The van der Waals surface area contributed by atoms with Crippen molar-refractivity contribution in [3.05, 3.63) is 53.6 Å². The fraction of sp³-hybridized carbons (Fsp3) is 0.0769. The molecule has 2 aromatic carbocycles. The van der Waals surface area contributed by atoms with Crippen molar-refractivity contribution in [2.75, 3.05) is 0 Å². The highest BCUT2D eigenvalue weighted by Gasteiger charge is 2.13. The first-order chi connectivity index (χ1) is 8.79. The third kappa shape index (κ3) is 2.93. The number of halogens is 3. The predicted molar refractivity (Wildman–Crippen MR) is 69.6 cm³/mol. The van der Waals surface area contributed by atoms with Crippen molar-refractivity contribution < 1.29 is 17.2 Å². The SMILES string of the molecule is Cc1ccc(S(=O)(=O)Cl)cc1-c1ccc(F)c(F)c1. The van der Waals surface area contributed by atoms with Crippen molar-refractivity contribution in [3.8, 4) is 11.1 Å². The molecule has 19 heavy (non-hydrogen) atoms. The zero-order chi connectivity index (χ0) is 14.2. The Morgan fingerprint density at radius 2 is 1.68 bits per heavy atom. The van der Waals surface area contributed by atoms with Gasteiger partial charge in [0.25, 0.3) is 9.05 Å². The molecule has 0 aliphatic heterocycles. The van der Waals surface area contributed by atoms with E-state index >= 15 is 0 Å². The standard InChI is InChI=1S/C13H9ClF2O2S/c1-8-2-4-10(19(14,17)18)7-11(8)9-3-5-12(15)13(16)6-9/h2-7H,1H3. The second-order valence-electron chi connectivity index (χ2n) is 4.04. The van der Waals surface area contributed by atoms with Crippen LogP contribution in [0.25, 0.3) is 11.1 Å². The van der Waals surface area contributed by atoms with E-state index in [9.17, 15) is 17.2 Å². The number of hydrogen-bond donors (Lipinski definition) is 0. The number of rotatable bonds is 2. The molecular formula is C13H9ClF2O2S. The normalized spacial score (nSPS) is 11.6. The summed E-state index contributed by atoms with van der Waals surface area (Å²) in [6.07, 6.45) is 0. The van der Waals surface area contributed by atoms with Gasteiger partial charge in [0.15, 0.2) is 11.6 Å². The Morgan fingerprint density at radius 3 is 2.26 bits per heavy atom. The summed E-state index contributed by atoms with van der Waals surface area (Å²) in [7, 11) is 1.40. The molecule has 0 aliphatic rings. The van der Waals surface area contributed by atoms with E-state index in [1.807, 2.05) is 0 Å². The van der Waals surface area contributed by atoms with Crippen LogP contribution in [0.2, 0.25) is 0 Å². The van der Waals surface area contributed by atoms with Gasteiger partial charge in [0, 0.05) is 10.7 Å². The van der Waals surface area contributed by atoms with Gasteiger partial charge in [-0.05, 0) is 47.9 Å². The number of aryl methyl sites for hydroxylation is 1. The largest absolute Gasteiger partial charge is 0.261 e. The zero-order valence-corrected chi connectivity index (χ0v) is 11.4. The lowest BCUT2D eigenvalue weighted by atomic mass is 10.0. The van der Waals surface area contributed by atoms with Crippen molar-refractivity contribution in [1.29, 1.82) is 0 Å². The second-order valence-corrected chi connectivity index (χ2v) is 6.61. The first kappa shape index (κ1) is 14.0. The Kier molecular flexibility index (Phi) is 3.60. The van der Waals surface area contributed by atoms with Gasteiger partial charge in [0.2, 0.25) is 0 Å². The molecule has 0 atom stereocenters. The molecule has 0 radical (unpaired) electrons. The maximum absolute atomic E-state index is 13.2. The molecule has 2 aromatic rings. The number of benzene rings is 2. The van der Waals surface area contributed by atoms with E-state index in [4.69, 9.17) is 10.7 Å². The van der Waals surface area contributed by atoms with Crippen LogP contribution in [0.1, 0.15) is 5.56 Å². The lowest BCUT2D eigenvalue weighted by molar-refractivity contribution is 0.509. The van der Waals surface area contributed by atoms with Gasteiger partial charge in [-0.1, -0.05) is 12.1 Å². The third-order valence-electron chi connectivity index (χ3n) is 2.72. The molecule has 0 spiro atoms. The van der Waals surface area contributed by atoms with Gasteiger partial charge in [0.05, 0.1) is 4.90 Å². The smallest absolute Gasteiger partial charge is 0.207 e. The van der Waals surface area contributed by atoms with E-state index in [2.05, 4.69) is 0 Å². The fourth-order valence-electron chi connectivity index (χ4n) is 1.73. The third-order valence-corrected chi connectivity index (χ3v) is 4.07. The van der Waals surface area contributed by atoms with Crippen molar-refractivity contribution in [2.24, 2.45) is 0 Å². The predicted octanol–water partition coefficient (Wildman–Crippen LogP) is 3.87. The molecular weight excluding hydrogens is 294 g/mol. The molecule has 6 heteroatoms. The van der Waals surface area contributed by atoms with Crippen molar-refractivity contribution in [2.45, 2.75) is 11.8 Å². The first-order valence-corrected chi connectivity index (χ1v) is 7.61. The molecule has 2 rings (SSSR count). The lowest BCUT2D eigenvalue weighted by Gasteiger charge is -2.08.